The van der Waals surface area contributed by atoms with Crippen LogP contribution in [0.5, 0.6) is 0 Å². The predicted molar refractivity (Wildman–Crippen MR) is 82.2 cm³/mol. The topological polar surface area (TPSA) is 37.4 Å². The zero-order valence-corrected chi connectivity index (χ0v) is 13.1. The number of hydrogen-bond donors (Lipinski definition) is 0. The van der Waals surface area contributed by atoms with Crippen molar-refractivity contribution in [1.29, 1.82) is 0 Å². The molecular weight excluding hydrogens is 262 g/mol. The van der Waals surface area contributed by atoms with Gasteiger partial charge in [0.15, 0.2) is 5.78 Å². The summed E-state index contributed by atoms with van der Waals surface area (Å²) in [6, 6.07) is 0. The maximum Gasteiger partial charge on any atom is 0.233 e. The molecule has 0 N–H and O–H groups in total. The maximum atomic E-state index is 13.0. The molecule has 3 heteroatoms. The van der Waals surface area contributed by atoms with Crippen LogP contribution in [0, 0.1) is 11.8 Å². The van der Waals surface area contributed by atoms with E-state index in [0.717, 1.165) is 49.1 Å². The highest BCUT2D eigenvalue weighted by Gasteiger charge is 2.47. The standard InChI is InChI=1S/C18H24NO2/c1-3-15(13(2)16(20)14-7-8-14)19-12-11-18(17(19)21)9-5-4-6-10-18/h7-8H,3-6,9-12H2,1-2H3/b15-13+. The molecule has 1 amide bonds. The second-order valence-electron chi connectivity index (χ2n) is 6.59. The van der Waals surface area contributed by atoms with Crippen LogP contribution in [0.25, 0.3) is 0 Å². The third kappa shape index (κ3) is 2.47. The first-order chi connectivity index (χ1) is 10.1. The van der Waals surface area contributed by atoms with E-state index in [1.54, 1.807) is 0 Å². The van der Waals surface area contributed by atoms with Crippen LogP contribution in [0.1, 0.15) is 58.8 Å². The Labute approximate surface area is 127 Å². The quantitative estimate of drug-likeness (QED) is 0.741. The molecule has 1 spiro atoms. The van der Waals surface area contributed by atoms with Crippen LogP contribution in [0.3, 0.4) is 0 Å². The van der Waals surface area contributed by atoms with Gasteiger partial charge in [0.1, 0.15) is 0 Å². The summed E-state index contributed by atoms with van der Waals surface area (Å²) in [4.78, 5) is 27.1. The second-order valence-corrected chi connectivity index (χ2v) is 6.59. The van der Waals surface area contributed by atoms with Crippen molar-refractivity contribution in [3.8, 4) is 0 Å². The van der Waals surface area contributed by atoms with Crippen molar-refractivity contribution in [3.63, 3.8) is 0 Å². The minimum atomic E-state index is -0.118. The minimum Gasteiger partial charge on any atom is -0.315 e. The Kier molecular flexibility index (Phi) is 3.76. The summed E-state index contributed by atoms with van der Waals surface area (Å²) in [6.45, 7) is 4.69. The molecule has 0 unspecified atom stereocenters. The fourth-order valence-electron chi connectivity index (χ4n) is 3.97. The van der Waals surface area contributed by atoms with Gasteiger partial charge in [-0.05, 0) is 32.6 Å². The summed E-state index contributed by atoms with van der Waals surface area (Å²) in [5.74, 6) is 0.365. The Balaban J connectivity index is 1.85. The van der Waals surface area contributed by atoms with Crippen LogP contribution < -0.4 is 0 Å². The fraction of sp³-hybridized carbons (Fsp3) is 0.611. The molecule has 0 aromatic rings. The van der Waals surface area contributed by atoms with E-state index in [2.05, 4.69) is 0 Å². The number of Topliss-reactive ketones (excluding diaryl/α,β-unsaturated/α-hetero) is 1. The van der Waals surface area contributed by atoms with Gasteiger partial charge in [-0.15, -0.1) is 0 Å². The van der Waals surface area contributed by atoms with Gasteiger partial charge >= 0.3 is 0 Å². The lowest BCUT2D eigenvalue weighted by atomic mass is 9.73. The number of rotatable bonds is 4. The Morgan fingerprint density at radius 1 is 1.24 bits per heavy atom. The smallest absolute Gasteiger partial charge is 0.233 e. The number of hydrogen-bond acceptors (Lipinski definition) is 2. The van der Waals surface area contributed by atoms with Gasteiger partial charge in [-0.1, -0.05) is 32.3 Å². The van der Waals surface area contributed by atoms with Crippen molar-refractivity contribution in [3.05, 3.63) is 29.3 Å². The number of likely N-dealkylation sites (tertiary alicyclic amines) is 1. The summed E-state index contributed by atoms with van der Waals surface area (Å²) in [7, 11) is 0. The summed E-state index contributed by atoms with van der Waals surface area (Å²) < 4.78 is 0. The molecule has 0 aromatic heterocycles. The molecule has 1 radical (unpaired) electrons. The number of ketones is 1. The molecule has 1 saturated heterocycles. The Morgan fingerprint density at radius 3 is 2.48 bits per heavy atom. The average molecular weight is 286 g/mol. The molecule has 113 valence electrons. The molecule has 0 aromatic carbocycles. The maximum absolute atomic E-state index is 13.0. The van der Waals surface area contributed by atoms with E-state index in [1.807, 2.05) is 31.2 Å². The Morgan fingerprint density at radius 2 is 1.90 bits per heavy atom. The summed E-state index contributed by atoms with van der Waals surface area (Å²) in [5.41, 5.74) is 2.36. The fourth-order valence-corrected chi connectivity index (χ4v) is 3.97. The third-order valence-electron chi connectivity index (χ3n) is 5.35. The highest BCUT2D eigenvalue weighted by Crippen LogP contribution is 2.46. The van der Waals surface area contributed by atoms with Gasteiger partial charge in [0.05, 0.1) is 5.41 Å². The van der Waals surface area contributed by atoms with Gasteiger partial charge in [-0.25, -0.2) is 0 Å². The van der Waals surface area contributed by atoms with E-state index in [0.29, 0.717) is 0 Å². The average Bonchev–Trinajstić information content (AvgIpc) is 3.31. The highest BCUT2D eigenvalue weighted by atomic mass is 16.2. The van der Waals surface area contributed by atoms with Crippen molar-refractivity contribution < 1.29 is 9.59 Å². The van der Waals surface area contributed by atoms with Gasteiger partial charge in [0, 0.05) is 29.8 Å². The van der Waals surface area contributed by atoms with E-state index >= 15 is 0 Å². The number of carbonyl (C=O) groups is 2. The lowest BCUT2D eigenvalue weighted by molar-refractivity contribution is -0.136. The van der Waals surface area contributed by atoms with Gasteiger partial charge in [-0.3, -0.25) is 9.59 Å². The molecule has 0 atom stereocenters. The normalized spacial score (nSPS) is 25.0. The van der Waals surface area contributed by atoms with Crippen LogP contribution in [-0.4, -0.2) is 23.1 Å². The largest absolute Gasteiger partial charge is 0.315 e. The summed E-state index contributed by atoms with van der Waals surface area (Å²) >= 11 is 0. The monoisotopic (exact) mass is 286 g/mol. The second kappa shape index (κ2) is 5.43. The predicted octanol–water partition coefficient (Wildman–Crippen LogP) is 3.57. The van der Waals surface area contributed by atoms with Crippen LogP contribution >= 0.6 is 0 Å². The third-order valence-corrected chi connectivity index (χ3v) is 5.35. The summed E-state index contributed by atoms with van der Waals surface area (Å²) in [5, 5.41) is 0. The molecule has 0 bridgehead atoms. The molecule has 2 fully saturated rings. The first-order valence-electron chi connectivity index (χ1n) is 8.20. The van der Waals surface area contributed by atoms with Crippen LogP contribution in [-0.2, 0) is 9.59 Å². The first-order valence-corrected chi connectivity index (χ1v) is 8.20. The van der Waals surface area contributed by atoms with Crippen molar-refractivity contribution in [1.82, 2.24) is 4.90 Å². The van der Waals surface area contributed by atoms with E-state index < -0.39 is 0 Å². The Bertz CT molecular complexity index is 535. The lowest BCUT2D eigenvalue weighted by Gasteiger charge is -2.32. The van der Waals surface area contributed by atoms with Gasteiger partial charge in [-0.2, -0.15) is 0 Å². The molecular formula is C18H24NO2. The first kappa shape index (κ1) is 14.6. The molecule has 1 saturated carbocycles. The highest BCUT2D eigenvalue weighted by molar-refractivity contribution is 6.13. The Hall–Kier alpha value is -1.38. The van der Waals surface area contributed by atoms with Crippen molar-refractivity contribution >= 4 is 11.7 Å². The van der Waals surface area contributed by atoms with Crippen LogP contribution in [0.4, 0.5) is 0 Å². The molecule has 21 heavy (non-hydrogen) atoms. The molecule has 3 nitrogen and oxygen atoms in total. The number of allylic oxidation sites excluding steroid dienone is 4. The minimum absolute atomic E-state index is 0.0873. The molecule has 3 rings (SSSR count). The van der Waals surface area contributed by atoms with Crippen LogP contribution in [0.2, 0.25) is 0 Å². The summed E-state index contributed by atoms with van der Waals surface area (Å²) in [6.07, 6.45) is 11.1. The van der Waals surface area contributed by atoms with E-state index in [1.165, 1.54) is 19.3 Å². The molecule has 3 aliphatic rings. The lowest BCUT2D eigenvalue weighted by Crippen LogP contribution is -2.36. The van der Waals surface area contributed by atoms with Crippen molar-refractivity contribution in [2.24, 2.45) is 5.41 Å². The van der Waals surface area contributed by atoms with Crippen molar-refractivity contribution in [2.75, 3.05) is 6.54 Å². The zero-order valence-electron chi connectivity index (χ0n) is 13.1. The SMILES string of the molecule is CC/C(=C(/C)C(=O)C1=C[CH]1)N1CCC2(CCCCC2)C1=O. The molecule has 1 heterocycles. The van der Waals surface area contributed by atoms with E-state index in [-0.39, 0.29) is 17.1 Å². The van der Waals surface area contributed by atoms with E-state index in [9.17, 15) is 9.59 Å². The number of amides is 1. The molecule has 1 aliphatic heterocycles. The van der Waals surface area contributed by atoms with Gasteiger partial charge < -0.3 is 4.90 Å². The van der Waals surface area contributed by atoms with Gasteiger partial charge in [0.25, 0.3) is 0 Å². The van der Waals surface area contributed by atoms with Gasteiger partial charge in [0.2, 0.25) is 5.91 Å². The zero-order chi connectivity index (χ0) is 15.0. The van der Waals surface area contributed by atoms with Crippen molar-refractivity contribution in [2.45, 2.75) is 58.8 Å². The number of carbonyl (C=O) groups excluding carboxylic acids is 2. The van der Waals surface area contributed by atoms with Crippen LogP contribution in [0.15, 0.2) is 22.9 Å². The van der Waals surface area contributed by atoms with E-state index in [4.69, 9.17) is 0 Å². The number of nitrogens with zero attached hydrogens (tertiary/aromatic N) is 1. The molecule has 2 aliphatic carbocycles.